The van der Waals surface area contributed by atoms with Gasteiger partial charge in [0.2, 0.25) is 5.91 Å². The molecule has 0 aliphatic rings. The minimum absolute atomic E-state index is 0.246. The number of carbonyl (C=O) groups is 2. The third kappa shape index (κ3) is 6.03. The molecule has 1 amide bonds. The molecule has 5 nitrogen and oxygen atoms in total. The molecule has 0 atom stereocenters. The van der Waals surface area contributed by atoms with Crippen LogP contribution >= 0.6 is 15.9 Å². The van der Waals surface area contributed by atoms with Crippen LogP contribution in [0.3, 0.4) is 0 Å². The summed E-state index contributed by atoms with van der Waals surface area (Å²) >= 11 is 3.34. The number of hydroxylamine groups is 1. The zero-order chi connectivity index (χ0) is 12.7. The van der Waals surface area contributed by atoms with Gasteiger partial charge in [-0.1, -0.05) is 28.1 Å². The topological polar surface area (TPSA) is 75.6 Å². The van der Waals surface area contributed by atoms with Crippen molar-refractivity contribution in [2.75, 3.05) is 6.61 Å². The summed E-state index contributed by atoms with van der Waals surface area (Å²) < 4.78 is 0.956. The Kier molecular flexibility index (Phi) is 5.65. The van der Waals surface area contributed by atoms with Crippen molar-refractivity contribution in [3.8, 4) is 0 Å². The third-order valence-electron chi connectivity index (χ3n) is 1.91. The molecule has 0 spiro atoms. The zero-order valence-electron chi connectivity index (χ0n) is 8.98. The van der Waals surface area contributed by atoms with Crippen molar-refractivity contribution in [3.05, 3.63) is 34.3 Å². The van der Waals surface area contributed by atoms with Crippen LogP contribution in [-0.2, 0) is 20.8 Å². The second-order valence-corrected chi connectivity index (χ2v) is 4.25. The molecule has 0 aliphatic carbocycles. The zero-order valence-corrected chi connectivity index (χ0v) is 10.6. The lowest BCUT2D eigenvalue weighted by Gasteiger charge is -2.04. The van der Waals surface area contributed by atoms with E-state index in [1.54, 1.807) is 0 Å². The summed E-state index contributed by atoms with van der Waals surface area (Å²) in [6, 6.07) is 7.62. The van der Waals surface area contributed by atoms with E-state index in [1.807, 2.05) is 24.3 Å². The van der Waals surface area contributed by atoms with Crippen LogP contribution in [0.25, 0.3) is 0 Å². The van der Waals surface area contributed by atoms with Crippen molar-refractivity contribution >= 4 is 27.8 Å². The summed E-state index contributed by atoms with van der Waals surface area (Å²) in [6.07, 6.45) is 0.817. The van der Waals surface area contributed by atoms with E-state index < -0.39 is 12.6 Å². The van der Waals surface area contributed by atoms with Crippen molar-refractivity contribution < 1.29 is 19.5 Å². The highest BCUT2D eigenvalue weighted by atomic mass is 79.9. The molecule has 0 aliphatic heterocycles. The minimum Gasteiger partial charge on any atom is -0.479 e. The highest BCUT2D eigenvalue weighted by molar-refractivity contribution is 9.10. The summed E-state index contributed by atoms with van der Waals surface area (Å²) in [5.74, 6) is -1.47. The summed E-state index contributed by atoms with van der Waals surface area (Å²) in [5, 5.41) is 8.28. The number of nitrogens with one attached hydrogen (secondary N) is 1. The first-order valence-electron chi connectivity index (χ1n) is 4.95. The number of halogens is 1. The van der Waals surface area contributed by atoms with E-state index in [0.717, 1.165) is 10.0 Å². The monoisotopic (exact) mass is 301 g/mol. The molecular formula is C11H12BrNO4. The van der Waals surface area contributed by atoms with Gasteiger partial charge < -0.3 is 5.11 Å². The van der Waals surface area contributed by atoms with E-state index in [-0.39, 0.29) is 12.3 Å². The molecule has 0 saturated carbocycles. The number of hydrogen-bond donors (Lipinski definition) is 2. The summed E-state index contributed by atoms with van der Waals surface area (Å²) in [5.41, 5.74) is 3.09. The van der Waals surface area contributed by atoms with Gasteiger partial charge in [-0.25, -0.2) is 10.3 Å². The number of benzene rings is 1. The first kappa shape index (κ1) is 13.7. The predicted molar refractivity (Wildman–Crippen MR) is 64.2 cm³/mol. The molecule has 0 unspecified atom stereocenters. The second-order valence-electron chi connectivity index (χ2n) is 3.34. The Labute approximate surface area is 107 Å². The maximum Gasteiger partial charge on any atom is 0.332 e. The molecule has 0 saturated heterocycles. The van der Waals surface area contributed by atoms with Gasteiger partial charge >= 0.3 is 5.97 Å². The molecular weight excluding hydrogens is 290 g/mol. The minimum atomic E-state index is -1.13. The highest BCUT2D eigenvalue weighted by Gasteiger charge is 2.04. The first-order valence-corrected chi connectivity index (χ1v) is 5.74. The second kappa shape index (κ2) is 7.03. The normalized spacial score (nSPS) is 9.94. The van der Waals surface area contributed by atoms with E-state index in [0.29, 0.717) is 6.42 Å². The van der Waals surface area contributed by atoms with Gasteiger partial charge in [0.25, 0.3) is 0 Å². The lowest BCUT2D eigenvalue weighted by Crippen LogP contribution is -2.26. The number of carboxylic acid groups (broad SMARTS) is 1. The van der Waals surface area contributed by atoms with Crippen LogP contribution in [0, 0.1) is 0 Å². The maximum atomic E-state index is 11.2. The van der Waals surface area contributed by atoms with Crippen LogP contribution in [0.2, 0.25) is 0 Å². The van der Waals surface area contributed by atoms with Gasteiger partial charge in [0.15, 0.2) is 6.61 Å². The number of aryl methyl sites for hydroxylation is 1. The molecule has 1 rings (SSSR count). The van der Waals surface area contributed by atoms with E-state index in [2.05, 4.69) is 26.2 Å². The van der Waals surface area contributed by atoms with Gasteiger partial charge in [-0.05, 0) is 24.1 Å². The van der Waals surface area contributed by atoms with Crippen LogP contribution in [0.1, 0.15) is 12.0 Å². The fourth-order valence-corrected chi connectivity index (χ4v) is 1.63. The molecule has 1 aromatic carbocycles. The van der Waals surface area contributed by atoms with Crippen LogP contribution < -0.4 is 5.48 Å². The number of carbonyl (C=O) groups excluding carboxylic acids is 1. The molecule has 0 heterocycles. The Balaban J connectivity index is 2.26. The number of amides is 1. The smallest absolute Gasteiger partial charge is 0.332 e. The van der Waals surface area contributed by atoms with Gasteiger partial charge in [0.05, 0.1) is 0 Å². The van der Waals surface area contributed by atoms with Crippen molar-refractivity contribution in [2.24, 2.45) is 0 Å². The van der Waals surface area contributed by atoms with Crippen molar-refractivity contribution in [2.45, 2.75) is 12.8 Å². The first-order chi connectivity index (χ1) is 8.08. The fraction of sp³-hybridized carbons (Fsp3) is 0.273. The molecule has 17 heavy (non-hydrogen) atoms. The fourth-order valence-electron chi connectivity index (χ4n) is 1.18. The van der Waals surface area contributed by atoms with Crippen molar-refractivity contribution in [3.63, 3.8) is 0 Å². The molecule has 2 N–H and O–H groups in total. The van der Waals surface area contributed by atoms with Gasteiger partial charge in [-0.2, -0.15) is 0 Å². The number of carboxylic acids is 1. The Morgan fingerprint density at radius 3 is 2.82 bits per heavy atom. The lowest BCUT2D eigenvalue weighted by atomic mass is 10.1. The molecule has 0 radical (unpaired) electrons. The number of aliphatic carboxylic acids is 1. The number of hydrogen-bond acceptors (Lipinski definition) is 3. The van der Waals surface area contributed by atoms with E-state index in [1.165, 1.54) is 0 Å². The molecule has 6 heteroatoms. The Hall–Kier alpha value is -1.40. The maximum absolute atomic E-state index is 11.2. The van der Waals surface area contributed by atoms with E-state index in [9.17, 15) is 9.59 Å². The van der Waals surface area contributed by atoms with Crippen LogP contribution in [0.15, 0.2) is 28.7 Å². The average Bonchev–Trinajstić information content (AvgIpc) is 2.26. The van der Waals surface area contributed by atoms with Gasteiger partial charge in [-0.3, -0.25) is 9.63 Å². The SMILES string of the molecule is O=C(O)CONC(=O)CCc1cccc(Br)c1. The third-order valence-corrected chi connectivity index (χ3v) is 2.40. The summed E-state index contributed by atoms with van der Waals surface area (Å²) in [6.45, 7) is -0.539. The largest absolute Gasteiger partial charge is 0.479 e. The molecule has 0 aromatic heterocycles. The quantitative estimate of drug-likeness (QED) is 0.781. The van der Waals surface area contributed by atoms with Crippen molar-refractivity contribution in [1.82, 2.24) is 5.48 Å². The van der Waals surface area contributed by atoms with Crippen LogP contribution in [0.4, 0.5) is 0 Å². The number of rotatable bonds is 6. The Bertz CT molecular complexity index is 408. The van der Waals surface area contributed by atoms with Gasteiger partial charge in [-0.15, -0.1) is 0 Å². The molecule has 0 fully saturated rings. The predicted octanol–water partition coefficient (Wildman–Crippen LogP) is 1.51. The van der Waals surface area contributed by atoms with Gasteiger partial charge in [0.1, 0.15) is 0 Å². The lowest BCUT2D eigenvalue weighted by molar-refractivity contribution is -0.149. The standard InChI is InChI=1S/C11H12BrNO4/c12-9-3-1-2-8(6-9)4-5-10(14)13-17-7-11(15)16/h1-3,6H,4-5,7H2,(H,13,14)(H,15,16). The Morgan fingerprint density at radius 1 is 1.41 bits per heavy atom. The molecule has 0 bridgehead atoms. The van der Waals surface area contributed by atoms with Crippen LogP contribution in [-0.4, -0.2) is 23.6 Å². The van der Waals surface area contributed by atoms with E-state index in [4.69, 9.17) is 5.11 Å². The highest BCUT2D eigenvalue weighted by Crippen LogP contribution is 2.12. The van der Waals surface area contributed by atoms with Crippen molar-refractivity contribution in [1.29, 1.82) is 0 Å². The summed E-state index contributed by atoms with van der Waals surface area (Å²) in [4.78, 5) is 25.8. The Morgan fingerprint density at radius 2 is 2.18 bits per heavy atom. The van der Waals surface area contributed by atoms with Crippen LogP contribution in [0.5, 0.6) is 0 Å². The molecule has 1 aromatic rings. The summed E-state index contributed by atoms with van der Waals surface area (Å²) in [7, 11) is 0. The average molecular weight is 302 g/mol. The van der Waals surface area contributed by atoms with Gasteiger partial charge in [0, 0.05) is 10.9 Å². The molecule has 92 valence electrons. The van der Waals surface area contributed by atoms with E-state index >= 15 is 0 Å².